The van der Waals surface area contributed by atoms with E-state index in [4.69, 9.17) is 0 Å². The fourth-order valence-electron chi connectivity index (χ4n) is 3.35. The molecule has 0 aromatic heterocycles. The maximum absolute atomic E-state index is 14.2. The predicted octanol–water partition coefficient (Wildman–Crippen LogP) is 5.08. The van der Waals surface area contributed by atoms with E-state index in [1.165, 1.54) is 31.4 Å². The van der Waals surface area contributed by atoms with Crippen LogP contribution < -0.4 is 5.32 Å². The van der Waals surface area contributed by atoms with Gasteiger partial charge < -0.3 is 5.32 Å². The molecule has 1 nitrogen and oxygen atoms in total. The number of nitrogens with one attached hydrogen (secondary N) is 1. The quantitative estimate of drug-likeness (QED) is 0.571. The van der Waals surface area contributed by atoms with Crippen LogP contribution in [0.3, 0.4) is 0 Å². The molecular weight excluding hydrogens is 336 g/mol. The summed E-state index contributed by atoms with van der Waals surface area (Å²) >= 11 is 3.16. The lowest BCUT2D eigenvalue weighted by molar-refractivity contribution is 0.294. The third kappa shape index (κ3) is 4.49. The molecule has 0 saturated heterocycles. The van der Waals surface area contributed by atoms with Gasteiger partial charge in [-0.05, 0) is 72.3 Å². The van der Waals surface area contributed by atoms with Gasteiger partial charge in [-0.3, -0.25) is 0 Å². The molecule has 0 aliphatic heterocycles. The van der Waals surface area contributed by atoms with Gasteiger partial charge in [0.25, 0.3) is 0 Å². The van der Waals surface area contributed by atoms with E-state index < -0.39 is 11.6 Å². The lowest BCUT2D eigenvalue weighted by Crippen LogP contribution is -2.29. The second-order valence-electron chi connectivity index (χ2n) is 5.99. The van der Waals surface area contributed by atoms with Crippen molar-refractivity contribution in [1.29, 1.82) is 0 Å². The number of hydrogen-bond donors (Lipinski definition) is 1. The molecular formula is C17H24BrF2N. The smallest absolute Gasteiger partial charge is 0.143 e. The standard InChI is InChI=1S/C17H24BrF2N/c1-2-21-11-13-7-5-3-4-6-12(13)10-14-16(19)9-8-15(18)17(14)20/h8-9,12-13,21H,2-7,10-11H2,1H3. The second-order valence-corrected chi connectivity index (χ2v) is 6.85. The van der Waals surface area contributed by atoms with Crippen LogP contribution in [0.2, 0.25) is 0 Å². The van der Waals surface area contributed by atoms with Crippen molar-refractivity contribution in [2.24, 2.45) is 11.8 Å². The van der Waals surface area contributed by atoms with Crippen LogP contribution in [0.25, 0.3) is 0 Å². The fraction of sp³-hybridized carbons (Fsp3) is 0.647. The molecule has 1 saturated carbocycles. The maximum Gasteiger partial charge on any atom is 0.143 e. The van der Waals surface area contributed by atoms with Crippen LogP contribution in [0, 0.1) is 23.5 Å². The van der Waals surface area contributed by atoms with Gasteiger partial charge in [-0.25, -0.2) is 8.78 Å². The summed E-state index contributed by atoms with van der Waals surface area (Å²) in [6, 6.07) is 2.80. The normalized spacial score (nSPS) is 23.0. The number of benzene rings is 1. The van der Waals surface area contributed by atoms with Crippen molar-refractivity contribution in [3.63, 3.8) is 0 Å². The van der Waals surface area contributed by atoms with E-state index in [2.05, 4.69) is 28.2 Å². The van der Waals surface area contributed by atoms with Gasteiger partial charge in [0.15, 0.2) is 0 Å². The van der Waals surface area contributed by atoms with Crippen molar-refractivity contribution in [1.82, 2.24) is 5.32 Å². The lowest BCUT2D eigenvalue weighted by atomic mass is 9.83. The predicted molar refractivity (Wildman–Crippen MR) is 86.4 cm³/mol. The molecule has 1 aliphatic rings. The summed E-state index contributed by atoms with van der Waals surface area (Å²) in [6.45, 7) is 4.00. The average Bonchev–Trinajstić information content (AvgIpc) is 2.70. The first-order valence-electron chi connectivity index (χ1n) is 7.96. The molecule has 2 rings (SSSR count). The highest BCUT2D eigenvalue weighted by Crippen LogP contribution is 2.33. The largest absolute Gasteiger partial charge is 0.317 e. The summed E-state index contributed by atoms with van der Waals surface area (Å²) in [6.07, 6.45) is 6.38. The monoisotopic (exact) mass is 359 g/mol. The Labute approximate surface area is 134 Å². The van der Waals surface area contributed by atoms with Crippen molar-refractivity contribution in [2.45, 2.75) is 45.4 Å². The molecule has 118 valence electrons. The SMILES string of the molecule is CCNCC1CCCCCC1Cc1c(F)ccc(Br)c1F. The van der Waals surface area contributed by atoms with E-state index in [0.717, 1.165) is 25.9 Å². The van der Waals surface area contributed by atoms with Gasteiger partial charge in [0.1, 0.15) is 11.6 Å². The Morgan fingerprint density at radius 3 is 2.57 bits per heavy atom. The van der Waals surface area contributed by atoms with Gasteiger partial charge in [0.05, 0.1) is 4.47 Å². The van der Waals surface area contributed by atoms with Crippen molar-refractivity contribution in [3.05, 3.63) is 33.8 Å². The molecule has 1 aromatic rings. The Kier molecular flexibility index (Phi) is 6.62. The average molecular weight is 360 g/mol. The zero-order valence-corrected chi connectivity index (χ0v) is 14.2. The van der Waals surface area contributed by atoms with Crippen molar-refractivity contribution in [3.8, 4) is 0 Å². The zero-order chi connectivity index (χ0) is 15.2. The van der Waals surface area contributed by atoms with Crippen LogP contribution >= 0.6 is 15.9 Å². The molecule has 2 atom stereocenters. The van der Waals surface area contributed by atoms with Crippen molar-refractivity contribution in [2.75, 3.05) is 13.1 Å². The number of rotatable bonds is 5. The molecule has 2 unspecified atom stereocenters. The number of hydrogen-bond acceptors (Lipinski definition) is 1. The van der Waals surface area contributed by atoms with Crippen LogP contribution in [-0.4, -0.2) is 13.1 Å². The highest BCUT2D eigenvalue weighted by molar-refractivity contribution is 9.10. The molecule has 1 N–H and O–H groups in total. The minimum absolute atomic E-state index is 0.248. The summed E-state index contributed by atoms with van der Waals surface area (Å²) in [5.74, 6) is 0.0404. The van der Waals surface area contributed by atoms with Gasteiger partial charge in [-0.1, -0.05) is 26.2 Å². The van der Waals surface area contributed by atoms with Gasteiger partial charge in [0.2, 0.25) is 0 Å². The Morgan fingerprint density at radius 1 is 1.14 bits per heavy atom. The highest BCUT2D eigenvalue weighted by atomic mass is 79.9. The van der Waals surface area contributed by atoms with Crippen molar-refractivity contribution < 1.29 is 8.78 Å². The lowest BCUT2D eigenvalue weighted by Gasteiger charge is -2.26. The molecule has 4 heteroatoms. The molecule has 0 radical (unpaired) electrons. The van der Waals surface area contributed by atoms with E-state index in [1.807, 2.05) is 0 Å². The Morgan fingerprint density at radius 2 is 1.86 bits per heavy atom. The Balaban J connectivity index is 2.16. The van der Waals surface area contributed by atoms with Gasteiger partial charge in [-0.15, -0.1) is 0 Å². The van der Waals surface area contributed by atoms with E-state index in [1.54, 1.807) is 0 Å². The minimum atomic E-state index is -0.429. The van der Waals surface area contributed by atoms with E-state index in [0.29, 0.717) is 22.7 Å². The number of halogens is 3. The molecule has 0 spiro atoms. The second kappa shape index (κ2) is 8.23. The van der Waals surface area contributed by atoms with Crippen LogP contribution in [0.4, 0.5) is 8.78 Å². The summed E-state index contributed by atoms with van der Waals surface area (Å²) < 4.78 is 28.5. The van der Waals surface area contributed by atoms with Gasteiger partial charge in [0, 0.05) is 5.56 Å². The maximum atomic E-state index is 14.2. The summed E-state index contributed by atoms with van der Waals surface area (Å²) in [4.78, 5) is 0. The molecule has 1 aliphatic carbocycles. The zero-order valence-electron chi connectivity index (χ0n) is 12.6. The van der Waals surface area contributed by atoms with Gasteiger partial charge in [-0.2, -0.15) is 0 Å². The Bertz CT molecular complexity index is 464. The molecule has 0 amide bonds. The first-order valence-corrected chi connectivity index (χ1v) is 8.75. The summed E-state index contributed by atoms with van der Waals surface area (Å²) in [7, 11) is 0. The first-order chi connectivity index (χ1) is 10.1. The van der Waals surface area contributed by atoms with Crippen LogP contribution in [-0.2, 0) is 6.42 Å². The molecule has 0 bridgehead atoms. The van der Waals surface area contributed by atoms with E-state index in [-0.39, 0.29) is 5.56 Å². The topological polar surface area (TPSA) is 12.0 Å². The van der Waals surface area contributed by atoms with Crippen LogP contribution in [0.5, 0.6) is 0 Å². The van der Waals surface area contributed by atoms with Crippen LogP contribution in [0.15, 0.2) is 16.6 Å². The third-order valence-corrected chi connectivity index (χ3v) is 5.19. The molecule has 1 aromatic carbocycles. The fourth-order valence-corrected chi connectivity index (χ4v) is 3.72. The van der Waals surface area contributed by atoms with Gasteiger partial charge >= 0.3 is 0 Å². The summed E-state index contributed by atoms with van der Waals surface area (Å²) in [5, 5.41) is 3.41. The molecule has 1 fully saturated rings. The van der Waals surface area contributed by atoms with Crippen molar-refractivity contribution >= 4 is 15.9 Å². The summed E-state index contributed by atoms with van der Waals surface area (Å²) in [5.41, 5.74) is 0.248. The third-order valence-electron chi connectivity index (χ3n) is 4.58. The highest BCUT2D eigenvalue weighted by Gasteiger charge is 2.26. The molecule has 21 heavy (non-hydrogen) atoms. The van der Waals surface area contributed by atoms with Crippen LogP contribution in [0.1, 0.15) is 44.6 Å². The first kappa shape index (κ1) is 16.9. The Hall–Kier alpha value is -0.480. The van der Waals surface area contributed by atoms with E-state index in [9.17, 15) is 8.78 Å². The minimum Gasteiger partial charge on any atom is -0.317 e. The molecule has 0 heterocycles. The van der Waals surface area contributed by atoms with E-state index >= 15 is 0 Å².